The average molecular weight is 285 g/mol. The zero-order valence-electron chi connectivity index (χ0n) is 12.4. The molecule has 2 unspecified atom stereocenters. The number of amides is 1. The van der Waals surface area contributed by atoms with Gasteiger partial charge >= 0.3 is 0 Å². The van der Waals surface area contributed by atoms with E-state index in [9.17, 15) is 10.1 Å². The predicted octanol–water partition coefficient (Wildman–Crippen LogP) is 1.07. The summed E-state index contributed by atoms with van der Waals surface area (Å²) in [5.41, 5.74) is 2.33. The van der Waals surface area contributed by atoms with Gasteiger partial charge in [-0.15, -0.1) is 5.10 Å². The molecular weight excluding hydrogens is 266 g/mol. The quantitative estimate of drug-likeness (QED) is 0.834. The number of hydrogen-bond donors (Lipinski definition) is 1. The minimum absolute atomic E-state index is 0.161. The van der Waals surface area contributed by atoms with E-state index in [0.29, 0.717) is 23.7 Å². The van der Waals surface area contributed by atoms with E-state index in [0.717, 1.165) is 37.2 Å². The number of nitrogens with zero attached hydrogens (tertiary/aromatic N) is 4. The summed E-state index contributed by atoms with van der Waals surface area (Å²) in [6, 6.07) is 2.54. The maximum absolute atomic E-state index is 11.5. The summed E-state index contributed by atoms with van der Waals surface area (Å²) >= 11 is 0. The monoisotopic (exact) mass is 285 g/mol. The molecule has 6 heteroatoms. The molecule has 6 nitrogen and oxygen atoms in total. The highest BCUT2D eigenvalue weighted by atomic mass is 16.1. The molecular formula is C15H19N5O. The van der Waals surface area contributed by atoms with Gasteiger partial charge in [-0.05, 0) is 38.2 Å². The van der Waals surface area contributed by atoms with Crippen molar-refractivity contribution in [2.75, 3.05) is 18.0 Å². The fraction of sp³-hybridized carbons (Fsp3) is 0.600. The Hall–Kier alpha value is -2.16. The van der Waals surface area contributed by atoms with Gasteiger partial charge in [-0.2, -0.15) is 10.4 Å². The molecule has 3 rings (SSSR count). The number of nitrogens with one attached hydrogen (secondary N) is 1. The fourth-order valence-corrected chi connectivity index (χ4v) is 3.25. The topological polar surface area (TPSA) is 81.9 Å². The molecule has 1 amide bonds. The number of aromatic nitrogens is 2. The van der Waals surface area contributed by atoms with Crippen LogP contribution in [0.2, 0.25) is 0 Å². The second-order valence-corrected chi connectivity index (χ2v) is 5.93. The van der Waals surface area contributed by atoms with Crippen molar-refractivity contribution in [3.05, 3.63) is 16.8 Å². The first-order chi connectivity index (χ1) is 10.1. The first-order valence-electron chi connectivity index (χ1n) is 7.38. The third-order valence-electron chi connectivity index (χ3n) is 4.67. The van der Waals surface area contributed by atoms with E-state index in [2.05, 4.69) is 26.5 Å². The summed E-state index contributed by atoms with van der Waals surface area (Å²) in [4.78, 5) is 13.6. The molecule has 2 atom stereocenters. The van der Waals surface area contributed by atoms with E-state index in [1.165, 1.54) is 0 Å². The zero-order valence-corrected chi connectivity index (χ0v) is 12.4. The average Bonchev–Trinajstić information content (AvgIpc) is 2.49. The summed E-state index contributed by atoms with van der Waals surface area (Å²) < 4.78 is 0. The molecule has 2 aliphatic rings. The van der Waals surface area contributed by atoms with Crippen LogP contribution >= 0.6 is 0 Å². The van der Waals surface area contributed by atoms with Crippen LogP contribution in [0.15, 0.2) is 0 Å². The molecule has 1 aromatic rings. The zero-order chi connectivity index (χ0) is 15.0. The van der Waals surface area contributed by atoms with Crippen molar-refractivity contribution in [3.63, 3.8) is 0 Å². The largest absolute Gasteiger partial charge is 0.354 e. The van der Waals surface area contributed by atoms with Crippen LogP contribution in [-0.4, -0.2) is 35.2 Å². The number of rotatable bonds is 1. The molecule has 1 N–H and O–H groups in total. The van der Waals surface area contributed by atoms with Gasteiger partial charge in [-0.25, -0.2) is 0 Å². The van der Waals surface area contributed by atoms with E-state index in [4.69, 9.17) is 0 Å². The Morgan fingerprint density at radius 2 is 2.14 bits per heavy atom. The van der Waals surface area contributed by atoms with Gasteiger partial charge in [0.2, 0.25) is 5.91 Å². The lowest BCUT2D eigenvalue weighted by Crippen LogP contribution is -2.54. The van der Waals surface area contributed by atoms with Crippen molar-refractivity contribution in [2.24, 2.45) is 5.92 Å². The summed E-state index contributed by atoms with van der Waals surface area (Å²) in [7, 11) is 0. The highest BCUT2D eigenvalue weighted by molar-refractivity contribution is 5.77. The van der Waals surface area contributed by atoms with E-state index in [1.807, 2.05) is 13.8 Å². The van der Waals surface area contributed by atoms with Gasteiger partial charge in [-0.1, -0.05) is 0 Å². The molecule has 0 aromatic carbocycles. The van der Waals surface area contributed by atoms with Crippen molar-refractivity contribution in [1.29, 1.82) is 5.26 Å². The van der Waals surface area contributed by atoms with Crippen molar-refractivity contribution in [1.82, 2.24) is 15.5 Å². The molecule has 0 spiro atoms. The predicted molar refractivity (Wildman–Crippen MR) is 77.7 cm³/mol. The minimum Gasteiger partial charge on any atom is -0.354 e. The number of piperidine rings is 2. The fourth-order valence-electron chi connectivity index (χ4n) is 3.25. The van der Waals surface area contributed by atoms with Crippen molar-refractivity contribution >= 4 is 11.7 Å². The van der Waals surface area contributed by atoms with Crippen LogP contribution in [0.1, 0.15) is 36.1 Å². The summed E-state index contributed by atoms with van der Waals surface area (Å²) in [5, 5.41) is 20.9. The van der Waals surface area contributed by atoms with Gasteiger partial charge in [-0.3, -0.25) is 4.79 Å². The van der Waals surface area contributed by atoms with E-state index in [1.54, 1.807) is 0 Å². The Balaban J connectivity index is 1.85. The lowest BCUT2D eigenvalue weighted by Gasteiger charge is -2.42. The second kappa shape index (κ2) is 5.32. The van der Waals surface area contributed by atoms with Crippen molar-refractivity contribution in [2.45, 2.75) is 39.2 Å². The molecule has 0 saturated carbocycles. The van der Waals surface area contributed by atoms with Crippen LogP contribution in [0.25, 0.3) is 0 Å². The Morgan fingerprint density at radius 3 is 2.90 bits per heavy atom. The van der Waals surface area contributed by atoms with Gasteiger partial charge in [0.15, 0.2) is 5.82 Å². The number of carbonyl (C=O) groups is 1. The highest BCUT2D eigenvalue weighted by Crippen LogP contribution is 2.30. The van der Waals surface area contributed by atoms with Gasteiger partial charge in [0, 0.05) is 25.6 Å². The number of hydrogen-bond acceptors (Lipinski definition) is 5. The lowest BCUT2D eigenvalue weighted by molar-refractivity contribution is -0.124. The molecule has 21 heavy (non-hydrogen) atoms. The maximum Gasteiger partial charge on any atom is 0.220 e. The number of aryl methyl sites for hydroxylation is 1. The molecule has 0 bridgehead atoms. The molecule has 110 valence electrons. The van der Waals surface area contributed by atoms with E-state index >= 15 is 0 Å². The van der Waals surface area contributed by atoms with Crippen LogP contribution in [-0.2, 0) is 4.79 Å². The van der Waals surface area contributed by atoms with E-state index in [-0.39, 0.29) is 11.9 Å². The summed E-state index contributed by atoms with van der Waals surface area (Å²) in [6.07, 6.45) is 2.40. The van der Waals surface area contributed by atoms with Gasteiger partial charge in [0.25, 0.3) is 0 Å². The molecule has 0 aliphatic carbocycles. The Bertz CT molecular complexity index is 621. The minimum atomic E-state index is 0.161. The standard InChI is InChI=1S/C15H19N5O/c1-9-10(2)18-19-15(12(9)7-16)20-6-5-13-11(8-20)3-4-14(21)17-13/h11,13H,3-6,8H2,1-2H3,(H,17,21). The maximum atomic E-state index is 11.5. The van der Waals surface area contributed by atoms with Crippen LogP contribution in [0.4, 0.5) is 5.82 Å². The third-order valence-corrected chi connectivity index (χ3v) is 4.67. The smallest absolute Gasteiger partial charge is 0.220 e. The molecule has 0 radical (unpaired) electrons. The molecule has 3 heterocycles. The first kappa shape index (κ1) is 13.8. The molecule has 2 aliphatic heterocycles. The van der Waals surface area contributed by atoms with Gasteiger partial charge < -0.3 is 10.2 Å². The Labute approximate surface area is 124 Å². The lowest BCUT2D eigenvalue weighted by atomic mass is 9.85. The molecule has 1 aromatic heterocycles. The second-order valence-electron chi connectivity index (χ2n) is 5.93. The summed E-state index contributed by atoms with van der Waals surface area (Å²) in [6.45, 7) is 5.42. The Kier molecular flexibility index (Phi) is 3.50. The van der Waals surface area contributed by atoms with E-state index < -0.39 is 0 Å². The van der Waals surface area contributed by atoms with Crippen LogP contribution in [0.5, 0.6) is 0 Å². The van der Waals surface area contributed by atoms with Gasteiger partial charge in [0.05, 0.1) is 5.69 Å². The van der Waals surface area contributed by atoms with Crippen molar-refractivity contribution in [3.8, 4) is 6.07 Å². The molecule has 2 saturated heterocycles. The van der Waals surface area contributed by atoms with Crippen LogP contribution in [0.3, 0.4) is 0 Å². The normalized spacial score (nSPS) is 25.0. The first-order valence-corrected chi connectivity index (χ1v) is 7.38. The SMILES string of the molecule is Cc1nnc(N2CCC3NC(=O)CCC3C2)c(C#N)c1C. The number of anilines is 1. The number of carbonyl (C=O) groups excluding carboxylic acids is 1. The third kappa shape index (κ3) is 2.44. The highest BCUT2D eigenvalue weighted by Gasteiger charge is 2.35. The van der Waals surface area contributed by atoms with Crippen LogP contribution < -0.4 is 10.2 Å². The van der Waals surface area contributed by atoms with Gasteiger partial charge in [0.1, 0.15) is 11.6 Å². The summed E-state index contributed by atoms with van der Waals surface area (Å²) in [5.74, 6) is 1.29. The van der Waals surface area contributed by atoms with Crippen LogP contribution in [0, 0.1) is 31.1 Å². The molecule has 2 fully saturated rings. The Morgan fingerprint density at radius 1 is 1.33 bits per heavy atom. The number of fused-ring (bicyclic) bond motifs is 1. The number of nitriles is 1. The van der Waals surface area contributed by atoms with Crippen molar-refractivity contribution < 1.29 is 4.79 Å².